The first-order valence-electron chi connectivity index (χ1n) is 3.93. The lowest BCUT2D eigenvalue weighted by Gasteiger charge is -2.10. The van der Waals surface area contributed by atoms with Gasteiger partial charge in [-0.2, -0.15) is 0 Å². The maximum atomic E-state index is 11.4. The molecule has 1 atom stereocenters. The summed E-state index contributed by atoms with van der Waals surface area (Å²) in [6, 6.07) is -0.0583. The molecule has 1 rings (SSSR count). The number of furan rings is 1. The number of hydrogen-bond acceptors (Lipinski definition) is 4. The number of carbonyl (C=O) groups excluding carboxylic acids is 1. The highest BCUT2D eigenvalue weighted by molar-refractivity contribution is 6.32. The van der Waals surface area contributed by atoms with Crippen LogP contribution in [0.15, 0.2) is 16.7 Å². The Morgan fingerprint density at radius 3 is 2.67 bits per heavy atom. The maximum Gasteiger partial charge on any atom is 0.328 e. The van der Waals surface area contributed by atoms with E-state index in [2.05, 4.69) is 9.73 Å². The van der Waals surface area contributed by atoms with Gasteiger partial charge in [0, 0.05) is 0 Å². The van der Waals surface area contributed by atoms with Gasteiger partial charge in [-0.05, 0) is 17.7 Å². The van der Waals surface area contributed by atoms with E-state index in [4.69, 9.17) is 21.8 Å². The molecule has 1 amide bonds. The molecule has 1 aromatic rings. The van der Waals surface area contributed by atoms with E-state index in [1.807, 2.05) is 0 Å². The Labute approximate surface area is 89.5 Å². The van der Waals surface area contributed by atoms with Crippen molar-refractivity contribution in [2.24, 2.45) is 0 Å². The molecule has 0 saturated carbocycles. The molecule has 0 aliphatic rings. The van der Waals surface area contributed by atoms with E-state index < -0.39 is 24.5 Å². The molecule has 0 radical (unpaired) electrons. The predicted molar refractivity (Wildman–Crippen MR) is 49.7 cm³/mol. The van der Waals surface area contributed by atoms with Gasteiger partial charge in [-0.25, -0.2) is 4.79 Å². The second kappa shape index (κ2) is 4.81. The van der Waals surface area contributed by atoms with Crippen molar-refractivity contribution in [1.82, 2.24) is 5.32 Å². The van der Waals surface area contributed by atoms with Gasteiger partial charge in [-0.1, -0.05) is 0 Å². The van der Waals surface area contributed by atoms with E-state index in [0.717, 1.165) is 0 Å². The van der Waals surface area contributed by atoms with Gasteiger partial charge in [0.05, 0.1) is 18.4 Å². The summed E-state index contributed by atoms with van der Waals surface area (Å²) in [5.74, 6) is -2.04. The number of hydrogen-bond donors (Lipinski definition) is 3. The van der Waals surface area contributed by atoms with E-state index in [1.54, 1.807) is 0 Å². The average Bonchev–Trinajstić information content (AvgIpc) is 2.60. The average molecular weight is 234 g/mol. The zero-order chi connectivity index (χ0) is 11.4. The third-order valence-corrected chi connectivity index (χ3v) is 1.94. The summed E-state index contributed by atoms with van der Waals surface area (Å²) < 4.78 is 4.66. The van der Waals surface area contributed by atoms with Crippen molar-refractivity contribution in [2.45, 2.75) is 6.04 Å². The lowest BCUT2D eigenvalue weighted by atomic mass is 10.2. The van der Waals surface area contributed by atoms with Crippen molar-refractivity contribution in [3.63, 3.8) is 0 Å². The predicted octanol–water partition coefficient (Wildman–Crippen LogP) is 0.108. The molecule has 0 spiro atoms. The van der Waals surface area contributed by atoms with Gasteiger partial charge in [0.2, 0.25) is 5.22 Å². The molecule has 0 unspecified atom stereocenters. The second-order valence-corrected chi connectivity index (χ2v) is 3.00. The van der Waals surface area contributed by atoms with Crippen molar-refractivity contribution < 1.29 is 24.2 Å². The number of halogens is 1. The Kier molecular flexibility index (Phi) is 3.70. The van der Waals surface area contributed by atoms with Crippen molar-refractivity contribution in [1.29, 1.82) is 0 Å². The van der Waals surface area contributed by atoms with Crippen LogP contribution in [0.3, 0.4) is 0 Å². The van der Waals surface area contributed by atoms with Gasteiger partial charge in [0.25, 0.3) is 5.91 Å². The van der Waals surface area contributed by atoms with Crippen LogP contribution < -0.4 is 5.32 Å². The van der Waals surface area contributed by atoms with Crippen molar-refractivity contribution >= 4 is 23.5 Å². The van der Waals surface area contributed by atoms with Crippen LogP contribution in [0.5, 0.6) is 0 Å². The lowest BCUT2D eigenvalue weighted by molar-refractivity contribution is -0.140. The molecule has 0 aliphatic carbocycles. The number of nitrogens with one attached hydrogen (secondary N) is 1. The standard InChI is InChI=1S/C8H8ClNO5/c9-6-4(1-2-15-6)7(12)10-5(3-11)8(13)14/h1-2,5,11H,3H2,(H,10,12)(H,13,14)/t5-/m0/s1. The SMILES string of the molecule is O=C(N[C@@H](CO)C(=O)O)c1ccoc1Cl. The summed E-state index contributed by atoms with van der Waals surface area (Å²) in [6.07, 6.45) is 1.20. The molecule has 0 aliphatic heterocycles. The number of carboxylic acids is 1. The zero-order valence-corrected chi connectivity index (χ0v) is 8.19. The fourth-order valence-corrected chi connectivity index (χ4v) is 1.08. The van der Waals surface area contributed by atoms with Crippen LogP contribution in [-0.2, 0) is 4.79 Å². The Morgan fingerprint density at radius 2 is 2.27 bits per heavy atom. The van der Waals surface area contributed by atoms with Crippen molar-refractivity contribution in [3.05, 3.63) is 23.1 Å². The first-order valence-corrected chi connectivity index (χ1v) is 4.31. The Hall–Kier alpha value is -1.53. The monoisotopic (exact) mass is 233 g/mol. The van der Waals surface area contributed by atoms with Crippen LogP contribution in [0.1, 0.15) is 10.4 Å². The Balaban J connectivity index is 2.71. The molecular formula is C8H8ClNO5. The van der Waals surface area contributed by atoms with E-state index in [0.29, 0.717) is 0 Å². The first-order chi connectivity index (χ1) is 7.06. The molecule has 0 fully saturated rings. The largest absolute Gasteiger partial charge is 0.480 e. The van der Waals surface area contributed by atoms with Crippen LogP contribution in [0, 0.1) is 0 Å². The number of carbonyl (C=O) groups is 2. The summed E-state index contributed by atoms with van der Waals surface area (Å²) in [7, 11) is 0. The van der Waals surface area contributed by atoms with Crippen molar-refractivity contribution in [3.8, 4) is 0 Å². The van der Waals surface area contributed by atoms with Crippen LogP contribution in [0.4, 0.5) is 0 Å². The topological polar surface area (TPSA) is 99.8 Å². The highest BCUT2D eigenvalue weighted by Crippen LogP contribution is 2.16. The molecular weight excluding hydrogens is 226 g/mol. The highest BCUT2D eigenvalue weighted by Gasteiger charge is 2.21. The molecule has 6 nitrogen and oxygen atoms in total. The van der Waals surface area contributed by atoms with E-state index in [9.17, 15) is 9.59 Å². The normalized spacial score (nSPS) is 12.1. The third kappa shape index (κ3) is 2.71. The fourth-order valence-electron chi connectivity index (χ4n) is 0.877. The number of amides is 1. The molecule has 1 aromatic heterocycles. The van der Waals surface area contributed by atoms with E-state index in [1.165, 1.54) is 12.3 Å². The maximum absolute atomic E-state index is 11.4. The molecule has 3 N–H and O–H groups in total. The molecule has 0 saturated heterocycles. The lowest BCUT2D eigenvalue weighted by Crippen LogP contribution is -2.43. The summed E-state index contributed by atoms with van der Waals surface area (Å²) in [6.45, 7) is -0.698. The highest BCUT2D eigenvalue weighted by atomic mass is 35.5. The van der Waals surface area contributed by atoms with Gasteiger partial charge in [0.15, 0.2) is 6.04 Å². The third-order valence-electron chi connectivity index (χ3n) is 1.65. The fraction of sp³-hybridized carbons (Fsp3) is 0.250. The van der Waals surface area contributed by atoms with Crippen molar-refractivity contribution in [2.75, 3.05) is 6.61 Å². The number of aliphatic hydroxyl groups excluding tert-OH is 1. The number of aliphatic hydroxyl groups is 1. The number of carboxylic acid groups (broad SMARTS) is 1. The Morgan fingerprint density at radius 1 is 1.60 bits per heavy atom. The van der Waals surface area contributed by atoms with E-state index in [-0.39, 0.29) is 10.8 Å². The minimum atomic E-state index is -1.36. The smallest absolute Gasteiger partial charge is 0.328 e. The van der Waals surface area contributed by atoms with Gasteiger partial charge < -0.3 is 19.9 Å². The molecule has 1 heterocycles. The molecule has 7 heteroatoms. The zero-order valence-electron chi connectivity index (χ0n) is 7.44. The Bertz CT molecular complexity index is 375. The summed E-state index contributed by atoms with van der Waals surface area (Å²) in [5.41, 5.74) is 0.0244. The quantitative estimate of drug-likeness (QED) is 0.685. The minimum Gasteiger partial charge on any atom is -0.480 e. The van der Waals surface area contributed by atoms with Gasteiger partial charge in [0.1, 0.15) is 0 Å². The minimum absolute atomic E-state index is 0.0244. The molecule has 82 valence electrons. The van der Waals surface area contributed by atoms with Crippen LogP contribution in [0.2, 0.25) is 5.22 Å². The van der Waals surface area contributed by atoms with E-state index >= 15 is 0 Å². The summed E-state index contributed by atoms with van der Waals surface area (Å²) >= 11 is 5.50. The van der Waals surface area contributed by atoms with Gasteiger partial charge in [-0.15, -0.1) is 0 Å². The molecule has 0 aromatic carbocycles. The van der Waals surface area contributed by atoms with Crippen LogP contribution in [-0.4, -0.2) is 34.7 Å². The molecule has 15 heavy (non-hydrogen) atoms. The second-order valence-electron chi connectivity index (χ2n) is 2.65. The first kappa shape index (κ1) is 11.5. The number of aliphatic carboxylic acids is 1. The van der Waals surface area contributed by atoms with Gasteiger partial charge >= 0.3 is 5.97 Å². The van der Waals surface area contributed by atoms with Crippen LogP contribution >= 0.6 is 11.6 Å². The summed E-state index contributed by atoms with van der Waals surface area (Å²) in [5, 5.41) is 19.2. The van der Waals surface area contributed by atoms with Gasteiger partial charge in [-0.3, -0.25) is 4.79 Å². The van der Waals surface area contributed by atoms with Crippen LogP contribution in [0.25, 0.3) is 0 Å². The summed E-state index contributed by atoms with van der Waals surface area (Å²) in [4.78, 5) is 21.9. The molecule has 0 bridgehead atoms. The number of rotatable bonds is 4.